The average Bonchev–Trinajstić information content (AvgIpc) is 3.09. The number of aromatic nitrogens is 2. The van der Waals surface area contributed by atoms with Gasteiger partial charge in [0.25, 0.3) is 0 Å². The first kappa shape index (κ1) is 14.0. The van der Waals surface area contributed by atoms with Gasteiger partial charge in [-0.3, -0.25) is 4.68 Å². The van der Waals surface area contributed by atoms with Gasteiger partial charge in [-0.15, -0.1) is 0 Å². The molecule has 112 valence electrons. The first-order valence-corrected chi connectivity index (χ1v) is 7.79. The fourth-order valence-corrected chi connectivity index (χ4v) is 3.48. The first-order valence-electron chi connectivity index (χ1n) is 7.79. The van der Waals surface area contributed by atoms with E-state index in [9.17, 15) is 0 Å². The van der Waals surface area contributed by atoms with Crippen LogP contribution in [0.5, 0.6) is 0 Å². The topological polar surface area (TPSA) is 59.3 Å². The van der Waals surface area contributed by atoms with Gasteiger partial charge in [0, 0.05) is 29.9 Å². The molecule has 0 amide bonds. The molecule has 1 saturated heterocycles. The van der Waals surface area contributed by atoms with Crippen molar-refractivity contribution in [2.24, 2.45) is 5.92 Å². The zero-order valence-corrected chi connectivity index (χ0v) is 12.2. The SMILES string of the molecule is CC(NC1CCCc2c1cnn2CCO)C1CCOC1. The number of nitrogens with one attached hydrogen (secondary N) is 1. The van der Waals surface area contributed by atoms with Crippen molar-refractivity contribution in [3.8, 4) is 0 Å². The van der Waals surface area contributed by atoms with Crippen LogP contribution in [0.3, 0.4) is 0 Å². The Morgan fingerprint density at radius 2 is 2.45 bits per heavy atom. The van der Waals surface area contributed by atoms with Crippen molar-refractivity contribution in [1.82, 2.24) is 15.1 Å². The minimum atomic E-state index is 0.155. The maximum atomic E-state index is 9.10. The Balaban J connectivity index is 1.69. The summed E-state index contributed by atoms with van der Waals surface area (Å²) in [5.41, 5.74) is 2.63. The lowest BCUT2D eigenvalue weighted by Gasteiger charge is -2.29. The minimum absolute atomic E-state index is 0.155. The summed E-state index contributed by atoms with van der Waals surface area (Å²) in [5, 5.41) is 17.3. The number of aliphatic hydroxyl groups is 1. The lowest BCUT2D eigenvalue weighted by atomic mass is 9.90. The standard InChI is InChI=1S/C15H25N3O2/c1-11(12-5-8-20-10-12)17-14-3-2-4-15-13(14)9-16-18(15)6-7-19/h9,11-12,14,17,19H,2-8,10H2,1H3. The third kappa shape index (κ3) is 2.75. The van der Waals surface area contributed by atoms with Crippen LogP contribution in [-0.2, 0) is 17.7 Å². The molecule has 2 aliphatic rings. The van der Waals surface area contributed by atoms with Gasteiger partial charge in [0.05, 0.1) is 26.0 Å². The second kappa shape index (κ2) is 6.24. The summed E-state index contributed by atoms with van der Waals surface area (Å²) in [6.45, 7) is 4.82. The summed E-state index contributed by atoms with van der Waals surface area (Å²) >= 11 is 0. The molecule has 0 saturated carbocycles. The zero-order chi connectivity index (χ0) is 13.9. The summed E-state index contributed by atoms with van der Waals surface area (Å²) in [6, 6.07) is 0.886. The fourth-order valence-electron chi connectivity index (χ4n) is 3.48. The van der Waals surface area contributed by atoms with E-state index in [-0.39, 0.29) is 6.61 Å². The molecule has 5 nitrogen and oxygen atoms in total. The number of aliphatic hydroxyl groups excluding tert-OH is 1. The third-order valence-corrected chi connectivity index (χ3v) is 4.71. The van der Waals surface area contributed by atoms with E-state index >= 15 is 0 Å². The maximum Gasteiger partial charge on any atom is 0.0644 e. The molecule has 1 aromatic rings. The van der Waals surface area contributed by atoms with E-state index in [2.05, 4.69) is 17.3 Å². The van der Waals surface area contributed by atoms with Crippen LogP contribution in [0.4, 0.5) is 0 Å². The molecule has 1 aromatic heterocycles. The molecule has 2 heterocycles. The Bertz CT molecular complexity index is 440. The van der Waals surface area contributed by atoms with Gasteiger partial charge in [0.2, 0.25) is 0 Å². The van der Waals surface area contributed by atoms with Crippen LogP contribution >= 0.6 is 0 Å². The highest BCUT2D eigenvalue weighted by Crippen LogP contribution is 2.31. The molecule has 0 radical (unpaired) electrons. The van der Waals surface area contributed by atoms with Crippen molar-refractivity contribution in [3.05, 3.63) is 17.5 Å². The molecule has 0 spiro atoms. The van der Waals surface area contributed by atoms with E-state index in [1.807, 2.05) is 10.9 Å². The quantitative estimate of drug-likeness (QED) is 0.852. The van der Waals surface area contributed by atoms with Gasteiger partial charge >= 0.3 is 0 Å². The van der Waals surface area contributed by atoms with Gasteiger partial charge in [-0.2, -0.15) is 5.10 Å². The van der Waals surface area contributed by atoms with Crippen LogP contribution in [0.25, 0.3) is 0 Å². The van der Waals surface area contributed by atoms with E-state index in [4.69, 9.17) is 9.84 Å². The Kier molecular flexibility index (Phi) is 4.38. The number of rotatable bonds is 5. The molecule has 0 bridgehead atoms. The van der Waals surface area contributed by atoms with E-state index < -0.39 is 0 Å². The zero-order valence-electron chi connectivity index (χ0n) is 12.2. The molecule has 3 atom stereocenters. The molecule has 5 heteroatoms. The van der Waals surface area contributed by atoms with Gasteiger partial charge in [-0.05, 0) is 38.5 Å². The summed E-state index contributed by atoms with van der Waals surface area (Å²) in [4.78, 5) is 0. The molecule has 1 aliphatic heterocycles. The summed E-state index contributed by atoms with van der Waals surface area (Å²) in [5.74, 6) is 0.632. The van der Waals surface area contributed by atoms with Crippen LogP contribution in [0.2, 0.25) is 0 Å². The Morgan fingerprint density at radius 1 is 1.55 bits per heavy atom. The lowest BCUT2D eigenvalue weighted by molar-refractivity contribution is 0.176. The van der Waals surface area contributed by atoms with Gasteiger partial charge in [0.15, 0.2) is 0 Å². The number of ether oxygens (including phenoxy) is 1. The van der Waals surface area contributed by atoms with Crippen molar-refractivity contribution < 1.29 is 9.84 Å². The fraction of sp³-hybridized carbons (Fsp3) is 0.800. The predicted molar refractivity (Wildman–Crippen MR) is 76.5 cm³/mol. The van der Waals surface area contributed by atoms with Crippen LogP contribution in [0.1, 0.15) is 43.5 Å². The van der Waals surface area contributed by atoms with Gasteiger partial charge in [0.1, 0.15) is 0 Å². The first-order chi connectivity index (χ1) is 9.79. The maximum absolute atomic E-state index is 9.10. The molecule has 2 N–H and O–H groups in total. The number of hydrogen-bond donors (Lipinski definition) is 2. The second-order valence-corrected chi connectivity index (χ2v) is 6.02. The Hall–Kier alpha value is -0.910. The van der Waals surface area contributed by atoms with Gasteiger partial charge in [-0.1, -0.05) is 0 Å². The summed E-state index contributed by atoms with van der Waals surface area (Å²) in [7, 11) is 0. The highest BCUT2D eigenvalue weighted by molar-refractivity contribution is 5.25. The molecule has 20 heavy (non-hydrogen) atoms. The van der Waals surface area contributed by atoms with E-state index in [0.717, 1.165) is 26.1 Å². The van der Waals surface area contributed by atoms with Crippen molar-refractivity contribution in [2.75, 3.05) is 19.8 Å². The summed E-state index contributed by atoms with van der Waals surface area (Å²) < 4.78 is 7.45. The molecular weight excluding hydrogens is 254 g/mol. The van der Waals surface area contributed by atoms with Crippen molar-refractivity contribution in [2.45, 2.75) is 51.2 Å². The molecule has 1 aliphatic carbocycles. The van der Waals surface area contributed by atoms with Crippen molar-refractivity contribution in [1.29, 1.82) is 0 Å². The largest absolute Gasteiger partial charge is 0.394 e. The van der Waals surface area contributed by atoms with Crippen molar-refractivity contribution in [3.63, 3.8) is 0 Å². The van der Waals surface area contributed by atoms with E-state index in [0.29, 0.717) is 24.5 Å². The minimum Gasteiger partial charge on any atom is -0.394 e. The van der Waals surface area contributed by atoms with Gasteiger partial charge in [-0.25, -0.2) is 0 Å². The predicted octanol–water partition coefficient (Wildman–Crippen LogP) is 1.27. The molecule has 0 aromatic carbocycles. The normalized spacial score (nSPS) is 27.5. The van der Waals surface area contributed by atoms with Crippen LogP contribution < -0.4 is 5.32 Å². The molecule has 1 fully saturated rings. The molecular formula is C15H25N3O2. The van der Waals surface area contributed by atoms with Crippen LogP contribution in [0, 0.1) is 5.92 Å². The third-order valence-electron chi connectivity index (χ3n) is 4.71. The van der Waals surface area contributed by atoms with Crippen molar-refractivity contribution >= 4 is 0 Å². The van der Waals surface area contributed by atoms with Gasteiger partial charge < -0.3 is 15.2 Å². The highest BCUT2D eigenvalue weighted by atomic mass is 16.5. The second-order valence-electron chi connectivity index (χ2n) is 6.02. The van der Waals surface area contributed by atoms with Crippen LogP contribution in [0.15, 0.2) is 6.20 Å². The Labute approximate surface area is 120 Å². The average molecular weight is 279 g/mol. The monoisotopic (exact) mass is 279 g/mol. The van der Waals surface area contributed by atoms with Crippen LogP contribution in [-0.4, -0.2) is 40.7 Å². The lowest BCUT2D eigenvalue weighted by Crippen LogP contribution is -2.38. The molecule has 3 unspecified atom stereocenters. The number of nitrogens with zero attached hydrogens (tertiary/aromatic N) is 2. The number of fused-ring (bicyclic) bond motifs is 1. The molecule has 3 rings (SSSR count). The number of hydrogen-bond acceptors (Lipinski definition) is 4. The Morgan fingerprint density at radius 3 is 3.20 bits per heavy atom. The summed E-state index contributed by atoms with van der Waals surface area (Å²) in [6.07, 6.45) is 6.59. The van der Waals surface area contributed by atoms with E-state index in [1.165, 1.54) is 24.1 Å². The highest BCUT2D eigenvalue weighted by Gasteiger charge is 2.28. The van der Waals surface area contributed by atoms with E-state index in [1.54, 1.807) is 0 Å². The smallest absolute Gasteiger partial charge is 0.0644 e.